The van der Waals surface area contributed by atoms with Gasteiger partial charge in [0.05, 0.1) is 38.9 Å². The second kappa shape index (κ2) is 12.3. The van der Waals surface area contributed by atoms with Crippen LogP contribution in [0, 0.1) is 17.0 Å². The number of hydrogen-bond acceptors (Lipinski definition) is 9. The number of methoxy groups -OCH3 is 1. The van der Waals surface area contributed by atoms with Gasteiger partial charge in [-0.25, -0.2) is 9.79 Å². The summed E-state index contributed by atoms with van der Waals surface area (Å²) in [4.78, 5) is 43.5. The first kappa shape index (κ1) is 29.9. The molecule has 0 radical (unpaired) electrons. The van der Waals surface area contributed by atoms with E-state index in [0.717, 1.165) is 16.7 Å². The van der Waals surface area contributed by atoms with Gasteiger partial charge in [-0.1, -0.05) is 55.5 Å². The van der Waals surface area contributed by atoms with Crippen molar-refractivity contribution >= 4 is 29.1 Å². The van der Waals surface area contributed by atoms with Gasteiger partial charge in [0, 0.05) is 19.3 Å². The van der Waals surface area contributed by atoms with Crippen molar-refractivity contribution in [2.75, 3.05) is 20.3 Å². The van der Waals surface area contributed by atoms with Crippen molar-refractivity contribution in [2.24, 2.45) is 4.99 Å². The molecule has 0 saturated carbocycles. The Kier molecular flexibility index (Phi) is 8.56. The summed E-state index contributed by atoms with van der Waals surface area (Å²) in [6, 6.07) is 15.3. The lowest BCUT2D eigenvalue weighted by Gasteiger charge is -2.25. The molecule has 4 aromatic rings. The van der Waals surface area contributed by atoms with Crippen molar-refractivity contribution in [1.29, 1.82) is 0 Å². The second-order valence-electron chi connectivity index (χ2n) is 10.5. The van der Waals surface area contributed by atoms with Gasteiger partial charge in [-0.15, -0.1) is 0 Å². The topological polar surface area (TPSA) is 126 Å². The number of hydrogen-bond donors (Lipinski definition) is 0. The third-order valence-corrected chi connectivity index (χ3v) is 8.18. The molecule has 0 aliphatic carbocycles. The fraction of sp³-hybridized carbons (Fsp3) is 0.281. The number of allylic oxidation sites excluding steroid dienone is 1. The largest absolute Gasteiger partial charge is 0.460 e. The molecule has 1 aliphatic rings. The van der Waals surface area contributed by atoms with Crippen LogP contribution in [0.4, 0.5) is 5.69 Å². The van der Waals surface area contributed by atoms with E-state index in [1.165, 1.54) is 29.1 Å². The van der Waals surface area contributed by atoms with E-state index < -0.39 is 16.9 Å². The summed E-state index contributed by atoms with van der Waals surface area (Å²) in [5, 5.41) is 11.6. The van der Waals surface area contributed by atoms with Gasteiger partial charge >= 0.3 is 5.97 Å². The summed E-state index contributed by atoms with van der Waals surface area (Å²) in [5.41, 5.74) is 3.29. The highest BCUT2D eigenvalue weighted by molar-refractivity contribution is 7.07. The minimum Gasteiger partial charge on any atom is -0.460 e. The maximum atomic E-state index is 13.9. The van der Waals surface area contributed by atoms with Crippen LogP contribution in [0.1, 0.15) is 55.2 Å². The molecule has 2 aromatic heterocycles. The Labute approximate surface area is 251 Å². The molecule has 43 heavy (non-hydrogen) atoms. The van der Waals surface area contributed by atoms with E-state index in [4.69, 9.17) is 13.9 Å². The van der Waals surface area contributed by atoms with Gasteiger partial charge in [0.25, 0.3) is 11.2 Å². The van der Waals surface area contributed by atoms with E-state index in [1.807, 2.05) is 24.3 Å². The molecule has 0 N–H and O–H groups in total. The highest BCUT2D eigenvalue weighted by Crippen LogP contribution is 2.33. The van der Waals surface area contributed by atoms with E-state index in [9.17, 15) is 19.7 Å². The summed E-state index contributed by atoms with van der Waals surface area (Å²) < 4.78 is 18.3. The number of nitro benzene ring substituents is 1. The van der Waals surface area contributed by atoms with Gasteiger partial charge in [-0.3, -0.25) is 19.5 Å². The van der Waals surface area contributed by atoms with Gasteiger partial charge in [0.2, 0.25) is 0 Å². The first-order valence-corrected chi connectivity index (χ1v) is 14.5. The molecule has 3 heterocycles. The number of benzene rings is 2. The predicted molar refractivity (Wildman–Crippen MR) is 163 cm³/mol. The third-order valence-electron chi connectivity index (χ3n) is 7.20. The molecule has 0 saturated heterocycles. The van der Waals surface area contributed by atoms with Gasteiger partial charge in [-0.05, 0) is 54.7 Å². The molecule has 1 aliphatic heterocycles. The molecule has 5 rings (SSSR count). The number of nitro groups is 1. The number of furan rings is 1. The fourth-order valence-electron chi connectivity index (χ4n) is 4.96. The van der Waals surface area contributed by atoms with Crippen LogP contribution in [0.25, 0.3) is 17.4 Å². The fourth-order valence-corrected chi connectivity index (χ4v) is 5.99. The molecule has 11 heteroatoms. The third kappa shape index (κ3) is 5.99. The summed E-state index contributed by atoms with van der Waals surface area (Å²) in [5.74, 6) is 0.404. The molecule has 0 spiro atoms. The Morgan fingerprint density at radius 3 is 2.56 bits per heavy atom. The van der Waals surface area contributed by atoms with Crippen molar-refractivity contribution in [1.82, 2.24) is 4.57 Å². The SMILES string of the molecule is COCCOC(=O)C1=C(C)N=c2sc(=Cc3ccc(-c4ccc(C)cc4[N+](=O)[O-])o3)c(=O)n2C1c1ccc(C(C)C)cc1. The molecule has 2 aromatic carbocycles. The van der Waals surface area contributed by atoms with Crippen LogP contribution < -0.4 is 14.9 Å². The minimum absolute atomic E-state index is 0.0650. The molecule has 0 amide bonds. The van der Waals surface area contributed by atoms with Crippen LogP contribution in [0.5, 0.6) is 0 Å². The van der Waals surface area contributed by atoms with Crippen molar-refractivity contribution in [3.8, 4) is 11.3 Å². The Hall–Kier alpha value is -4.61. The monoisotopic (exact) mass is 601 g/mol. The lowest BCUT2D eigenvalue weighted by atomic mass is 9.93. The minimum atomic E-state index is -0.753. The summed E-state index contributed by atoms with van der Waals surface area (Å²) in [7, 11) is 1.52. The maximum absolute atomic E-state index is 13.9. The Morgan fingerprint density at radius 2 is 1.88 bits per heavy atom. The molecular weight excluding hydrogens is 570 g/mol. The van der Waals surface area contributed by atoms with Crippen molar-refractivity contribution in [3.63, 3.8) is 0 Å². The average molecular weight is 602 g/mol. The quantitative estimate of drug-likeness (QED) is 0.114. The van der Waals surface area contributed by atoms with Crippen LogP contribution >= 0.6 is 11.3 Å². The molecular formula is C32H31N3O7S. The Balaban J connectivity index is 1.60. The van der Waals surface area contributed by atoms with Gasteiger partial charge in [-0.2, -0.15) is 0 Å². The summed E-state index contributed by atoms with van der Waals surface area (Å²) in [6.45, 7) is 8.00. The number of ether oxygens (including phenoxy) is 2. The molecule has 0 fully saturated rings. The molecule has 222 valence electrons. The van der Waals surface area contributed by atoms with Crippen LogP contribution in [0.2, 0.25) is 0 Å². The van der Waals surface area contributed by atoms with E-state index >= 15 is 0 Å². The number of aryl methyl sites for hydroxylation is 1. The lowest BCUT2D eigenvalue weighted by Crippen LogP contribution is -2.40. The second-order valence-corrected chi connectivity index (χ2v) is 11.5. The zero-order valence-corrected chi connectivity index (χ0v) is 25.3. The van der Waals surface area contributed by atoms with Gasteiger partial charge < -0.3 is 13.9 Å². The van der Waals surface area contributed by atoms with Gasteiger partial charge in [0.15, 0.2) is 4.80 Å². The number of thiazole rings is 1. The first-order valence-electron chi connectivity index (χ1n) is 13.7. The average Bonchev–Trinajstić information content (AvgIpc) is 3.56. The number of nitrogens with zero attached hydrogens (tertiary/aromatic N) is 3. The Bertz CT molecular complexity index is 1910. The Morgan fingerprint density at radius 1 is 1.14 bits per heavy atom. The standard InChI is InChI=1S/C32H31N3O7S/c1-18(2)21-7-9-22(10-8-21)29-28(31(37)41-15-14-40-5)20(4)33-32-34(29)30(36)27(43-32)17-23-11-13-26(42-23)24-12-6-19(3)16-25(24)35(38)39/h6-13,16-18,29H,14-15H2,1-5H3. The smallest absolute Gasteiger partial charge is 0.338 e. The molecule has 1 unspecified atom stereocenters. The summed E-state index contributed by atoms with van der Waals surface area (Å²) in [6.07, 6.45) is 1.59. The lowest BCUT2D eigenvalue weighted by molar-refractivity contribution is -0.384. The normalized spacial score (nSPS) is 15.0. The van der Waals surface area contributed by atoms with Crippen molar-refractivity contribution in [3.05, 3.63) is 118 Å². The highest BCUT2D eigenvalue weighted by Gasteiger charge is 2.33. The van der Waals surface area contributed by atoms with Crippen LogP contribution in [-0.4, -0.2) is 35.8 Å². The van der Waals surface area contributed by atoms with Gasteiger partial charge in [0.1, 0.15) is 18.1 Å². The predicted octanol–water partition coefficient (Wildman–Crippen LogP) is 5.02. The van der Waals surface area contributed by atoms with Crippen LogP contribution in [0.3, 0.4) is 0 Å². The highest BCUT2D eigenvalue weighted by atomic mass is 32.1. The number of fused-ring (bicyclic) bond motifs is 1. The molecule has 1 atom stereocenters. The van der Waals surface area contributed by atoms with E-state index in [1.54, 1.807) is 44.2 Å². The van der Waals surface area contributed by atoms with Crippen LogP contribution in [-0.2, 0) is 14.3 Å². The number of carbonyl (C=O) groups is 1. The van der Waals surface area contributed by atoms with E-state index in [2.05, 4.69) is 18.8 Å². The molecule has 10 nitrogen and oxygen atoms in total. The van der Waals surface area contributed by atoms with Crippen molar-refractivity contribution < 1.29 is 23.6 Å². The van der Waals surface area contributed by atoms with Crippen LogP contribution in [0.15, 0.2) is 80.1 Å². The maximum Gasteiger partial charge on any atom is 0.338 e. The van der Waals surface area contributed by atoms with Crippen molar-refractivity contribution in [2.45, 2.75) is 39.7 Å². The number of rotatable bonds is 9. The number of esters is 1. The molecule has 0 bridgehead atoms. The number of carbonyl (C=O) groups excluding carboxylic acids is 1. The first-order chi connectivity index (χ1) is 20.6. The zero-order valence-electron chi connectivity index (χ0n) is 24.5. The zero-order chi connectivity index (χ0) is 30.8. The van der Waals surface area contributed by atoms with E-state index in [-0.39, 0.29) is 30.0 Å². The summed E-state index contributed by atoms with van der Waals surface area (Å²) >= 11 is 1.17. The number of aromatic nitrogens is 1. The van der Waals surface area contributed by atoms with E-state index in [0.29, 0.717) is 38.0 Å².